The normalized spacial score (nSPS) is 14.1. The lowest BCUT2D eigenvalue weighted by atomic mass is 9.63. The number of nitrogens with zero attached hydrogens (tertiary/aromatic N) is 4. The van der Waals surface area contributed by atoms with E-state index in [-0.39, 0.29) is 23.4 Å². The molecule has 0 atom stereocenters. The summed E-state index contributed by atoms with van der Waals surface area (Å²) in [5.74, 6) is -0.495. The molecule has 1 aliphatic rings. The molecule has 1 aliphatic carbocycles. The number of hydrogen-bond acceptors (Lipinski definition) is 6. The Hall–Kier alpha value is -4.34. The van der Waals surface area contributed by atoms with Gasteiger partial charge in [-0.25, -0.2) is 15.0 Å². The SMILES string of the molecule is NC(N)=NC(=O)c1ccc(NC(=O)C2(c3ccc(-c4cnc(N)nc4)cc3)CCC2)nc1. The first-order valence-electron chi connectivity index (χ1n) is 9.97. The summed E-state index contributed by atoms with van der Waals surface area (Å²) in [4.78, 5) is 40.7. The van der Waals surface area contributed by atoms with Gasteiger partial charge in [-0.3, -0.25) is 9.59 Å². The molecule has 0 spiro atoms. The van der Waals surface area contributed by atoms with Gasteiger partial charge in [-0.15, -0.1) is 0 Å². The highest BCUT2D eigenvalue weighted by molar-refractivity contribution is 6.02. The van der Waals surface area contributed by atoms with Gasteiger partial charge in [-0.2, -0.15) is 4.99 Å². The van der Waals surface area contributed by atoms with Crippen molar-refractivity contribution in [3.63, 3.8) is 0 Å². The molecule has 1 fully saturated rings. The fraction of sp³-hybridized carbons (Fsp3) is 0.182. The van der Waals surface area contributed by atoms with Crippen LogP contribution < -0.4 is 22.5 Å². The summed E-state index contributed by atoms with van der Waals surface area (Å²) in [6, 6.07) is 10.8. The monoisotopic (exact) mass is 430 g/mol. The Balaban J connectivity index is 1.50. The number of pyridine rings is 1. The van der Waals surface area contributed by atoms with Gasteiger partial charge in [0.1, 0.15) is 5.82 Å². The van der Waals surface area contributed by atoms with Crippen LogP contribution in [0.2, 0.25) is 0 Å². The molecule has 3 aromatic rings. The minimum atomic E-state index is -0.620. The number of aromatic nitrogens is 3. The number of aliphatic imine (C=N–C) groups is 1. The smallest absolute Gasteiger partial charge is 0.281 e. The number of guanidine groups is 1. The van der Waals surface area contributed by atoms with Gasteiger partial charge in [-0.1, -0.05) is 30.7 Å². The number of anilines is 2. The van der Waals surface area contributed by atoms with Crippen molar-refractivity contribution in [1.82, 2.24) is 15.0 Å². The van der Waals surface area contributed by atoms with E-state index in [1.807, 2.05) is 24.3 Å². The van der Waals surface area contributed by atoms with Crippen LogP contribution in [0.1, 0.15) is 35.2 Å². The highest BCUT2D eigenvalue weighted by Crippen LogP contribution is 2.45. The number of nitrogen functional groups attached to an aromatic ring is 1. The quantitative estimate of drug-likeness (QED) is 0.348. The van der Waals surface area contributed by atoms with Crippen molar-refractivity contribution in [2.24, 2.45) is 16.5 Å². The molecule has 4 rings (SSSR count). The minimum Gasteiger partial charge on any atom is -0.370 e. The summed E-state index contributed by atoms with van der Waals surface area (Å²) >= 11 is 0. The first kappa shape index (κ1) is 20.9. The number of rotatable bonds is 5. The van der Waals surface area contributed by atoms with Crippen LogP contribution in [0.15, 0.2) is 60.0 Å². The molecule has 2 heterocycles. The third-order valence-corrected chi connectivity index (χ3v) is 5.57. The molecule has 0 saturated heterocycles. The molecule has 32 heavy (non-hydrogen) atoms. The maximum absolute atomic E-state index is 13.2. The van der Waals surface area contributed by atoms with Gasteiger partial charge in [0.2, 0.25) is 11.9 Å². The molecule has 162 valence electrons. The van der Waals surface area contributed by atoms with Gasteiger partial charge in [-0.05, 0) is 36.1 Å². The Morgan fingerprint density at radius 3 is 2.12 bits per heavy atom. The first-order chi connectivity index (χ1) is 15.4. The van der Waals surface area contributed by atoms with Crippen LogP contribution in [0, 0.1) is 0 Å². The lowest BCUT2D eigenvalue weighted by Gasteiger charge is -2.40. The van der Waals surface area contributed by atoms with Gasteiger partial charge in [0, 0.05) is 24.2 Å². The van der Waals surface area contributed by atoms with Crippen LogP contribution in [0.5, 0.6) is 0 Å². The van der Waals surface area contributed by atoms with Crippen molar-refractivity contribution < 1.29 is 9.59 Å². The third-order valence-electron chi connectivity index (χ3n) is 5.57. The van der Waals surface area contributed by atoms with Crippen molar-refractivity contribution in [3.05, 3.63) is 66.1 Å². The van der Waals surface area contributed by atoms with Crippen LogP contribution in [-0.4, -0.2) is 32.7 Å². The number of benzene rings is 1. The van der Waals surface area contributed by atoms with Gasteiger partial charge in [0.05, 0.1) is 11.0 Å². The molecule has 7 N–H and O–H groups in total. The predicted octanol–water partition coefficient (Wildman–Crippen LogP) is 1.59. The van der Waals surface area contributed by atoms with E-state index in [2.05, 4.69) is 25.3 Å². The van der Waals surface area contributed by atoms with Crippen LogP contribution in [0.3, 0.4) is 0 Å². The maximum Gasteiger partial charge on any atom is 0.281 e. The number of carbonyl (C=O) groups excluding carboxylic acids is 2. The second kappa shape index (κ2) is 8.42. The molecule has 0 radical (unpaired) electrons. The standard InChI is InChI=1S/C22H22N8O2/c23-20(24)30-18(31)14-4-7-17(26-10-14)29-19(32)22(8-1-9-22)16-5-2-13(3-6-16)15-11-27-21(25)28-12-15/h2-7,10-12H,1,8-9H2,(H2,25,27,28)(H,26,29,32)(H4,23,24,30,31). The Bertz CT molecular complexity index is 1160. The highest BCUT2D eigenvalue weighted by Gasteiger charge is 2.45. The summed E-state index contributed by atoms with van der Waals surface area (Å²) in [5, 5.41) is 2.86. The Labute approximate surface area is 184 Å². The molecule has 0 aliphatic heterocycles. The van der Waals surface area contributed by atoms with E-state index >= 15 is 0 Å². The highest BCUT2D eigenvalue weighted by atomic mass is 16.2. The largest absolute Gasteiger partial charge is 0.370 e. The molecular formula is C22H22N8O2. The van der Waals surface area contributed by atoms with Crippen molar-refractivity contribution >= 4 is 29.5 Å². The second-order valence-electron chi connectivity index (χ2n) is 7.57. The lowest BCUT2D eigenvalue weighted by molar-refractivity contribution is -0.124. The topological polar surface area (TPSA) is 175 Å². The molecule has 2 amide bonds. The van der Waals surface area contributed by atoms with Crippen LogP contribution in [0.4, 0.5) is 11.8 Å². The molecule has 0 unspecified atom stereocenters. The summed E-state index contributed by atoms with van der Waals surface area (Å²) in [6.07, 6.45) is 7.09. The molecule has 0 bridgehead atoms. The van der Waals surface area contributed by atoms with Crippen molar-refractivity contribution in [3.8, 4) is 11.1 Å². The Kier molecular flexibility index (Phi) is 5.50. The van der Waals surface area contributed by atoms with Crippen molar-refractivity contribution in [2.75, 3.05) is 11.1 Å². The zero-order valence-electron chi connectivity index (χ0n) is 17.2. The van der Waals surface area contributed by atoms with E-state index in [0.717, 1.165) is 36.0 Å². The van der Waals surface area contributed by atoms with Gasteiger partial charge < -0.3 is 22.5 Å². The Morgan fingerprint density at radius 1 is 0.906 bits per heavy atom. The predicted molar refractivity (Wildman–Crippen MR) is 120 cm³/mol. The average molecular weight is 430 g/mol. The fourth-order valence-electron chi connectivity index (χ4n) is 3.66. The zero-order valence-corrected chi connectivity index (χ0v) is 17.2. The first-order valence-corrected chi connectivity index (χ1v) is 9.97. The molecular weight excluding hydrogens is 408 g/mol. The Morgan fingerprint density at radius 2 is 1.59 bits per heavy atom. The van der Waals surface area contributed by atoms with E-state index < -0.39 is 11.3 Å². The number of carbonyl (C=O) groups is 2. The molecule has 10 heteroatoms. The molecule has 1 aromatic carbocycles. The zero-order chi connectivity index (χ0) is 22.7. The van der Waals surface area contributed by atoms with E-state index in [9.17, 15) is 9.59 Å². The molecule has 10 nitrogen and oxygen atoms in total. The average Bonchev–Trinajstić information content (AvgIpc) is 2.74. The van der Waals surface area contributed by atoms with Crippen LogP contribution in [-0.2, 0) is 10.2 Å². The van der Waals surface area contributed by atoms with Gasteiger partial charge >= 0.3 is 0 Å². The number of nitrogens with one attached hydrogen (secondary N) is 1. The van der Waals surface area contributed by atoms with Gasteiger partial charge in [0.15, 0.2) is 5.96 Å². The number of nitrogens with two attached hydrogens (primary N) is 3. The van der Waals surface area contributed by atoms with Crippen molar-refractivity contribution in [2.45, 2.75) is 24.7 Å². The third kappa shape index (κ3) is 4.10. The summed E-state index contributed by atoms with van der Waals surface area (Å²) in [5.41, 5.74) is 18.3. The van der Waals surface area contributed by atoms with Crippen LogP contribution in [0.25, 0.3) is 11.1 Å². The summed E-state index contributed by atoms with van der Waals surface area (Å²) < 4.78 is 0. The minimum absolute atomic E-state index is 0.136. The summed E-state index contributed by atoms with van der Waals surface area (Å²) in [6.45, 7) is 0. The molecule has 2 aromatic heterocycles. The van der Waals surface area contributed by atoms with Crippen LogP contribution >= 0.6 is 0 Å². The van der Waals surface area contributed by atoms with E-state index in [1.165, 1.54) is 12.3 Å². The summed E-state index contributed by atoms with van der Waals surface area (Å²) in [7, 11) is 0. The van der Waals surface area contributed by atoms with E-state index in [4.69, 9.17) is 17.2 Å². The van der Waals surface area contributed by atoms with E-state index in [1.54, 1.807) is 18.5 Å². The van der Waals surface area contributed by atoms with Crippen molar-refractivity contribution in [1.29, 1.82) is 0 Å². The van der Waals surface area contributed by atoms with Gasteiger partial charge in [0.25, 0.3) is 5.91 Å². The lowest BCUT2D eigenvalue weighted by Crippen LogP contribution is -2.46. The van der Waals surface area contributed by atoms with E-state index in [0.29, 0.717) is 5.82 Å². The second-order valence-corrected chi connectivity index (χ2v) is 7.57. The number of hydrogen-bond donors (Lipinski definition) is 4. The fourth-order valence-corrected chi connectivity index (χ4v) is 3.66. The number of amides is 2. The maximum atomic E-state index is 13.2. The molecule has 1 saturated carbocycles.